The third-order valence-corrected chi connectivity index (χ3v) is 5.56. The van der Waals surface area contributed by atoms with Gasteiger partial charge in [0.2, 0.25) is 6.11 Å². The average molecular weight is 609 g/mol. The van der Waals surface area contributed by atoms with Crippen LogP contribution in [0.15, 0.2) is 58.5 Å². The molecule has 0 spiro atoms. The second-order valence-corrected chi connectivity index (χ2v) is 8.26. The molecule has 2 unspecified atom stereocenters. The topological polar surface area (TPSA) is 88.2 Å². The van der Waals surface area contributed by atoms with Crippen molar-refractivity contribution < 1.29 is 72.2 Å². The fourth-order valence-corrected chi connectivity index (χ4v) is 3.48. The number of aromatic hydroxyl groups is 2. The molecule has 2 aromatic carbocycles. The second-order valence-electron chi connectivity index (χ2n) is 8.26. The number of aliphatic imine (C=N–C) groups is 2. The smallest absolute Gasteiger partial charge is 0.436 e. The van der Waals surface area contributed by atoms with Crippen LogP contribution in [0.1, 0.15) is 36.8 Å². The van der Waals surface area contributed by atoms with E-state index in [0.717, 1.165) is 36.8 Å². The van der Waals surface area contributed by atoms with Gasteiger partial charge in [0.25, 0.3) is 0 Å². The maximum absolute atomic E-state index is 12.0. The Hall–Kier alpha value is -2.76. The Morgan fingerprint density at radius 2 is 1.00 bits per heavy atom. The van der Waals surface area contributed by atoms with Crippen molar-refractivity contribution in [1.29, 1.82) is 0 Å². The maximum Gasteiger partial charge on any atom is 0.436 e. The van der Waals surface area contributed by atoms with Gasteiger partial charge in [-0.25, -0.2) is 13.2 Å². The van der Waals surface area contributed by atoms with Crippen LogP contribution in [-0.4, -0.2) is 58.9 Å². The second kappa shape index (κ2) is 13.5. The Morgan fingerprint density at radius 1 is 0.667 bits per heavy atom. The summed E-state index contributed by atoms with van der Waals surface area (Å²) >= 11 is 0. The fourth-order valence-electron chi connectivity index (χ4n) is 3.48. The van der Waals surface area contributed by atoms with Gasteiger partial charge in [-0.15, -0.1) is 0 Å². The minimum absolute atomic E-state index is 0. The first-order chi connectivity index (χ1) is 17.5. The minimum atomic E-state index is -7.08. The maximum atomic E-state index is 12.0. The third-order valence-electron chi connectivity index (χ3n) is 5.56. The van der Waals surface area contributed by atoms with Gasteiger partial charge >= 0.3 is 18.0 Å². The van der Waals surface area contributed by atoms with E-state index in [1.807, 2.05) is 24.3 Å². The van der Waals surface area contributed by atoms with Crippen LogP contribution in [-0.2, 0) is 17.4 Å². The Labute approximate surface area is 227 Å². The monoisotopic (exact) mass is 609 g/mol. The van der Waals surface area contributed by atoms with Crippen molar-refractivity contribution in [3.8, 4) is 11.5 Å². The summed E-state index contributed by atoms with van der Waals surface area (Å²) in [6.07, 6.45) is -13.1. The number of benzene rings is 2. The quantitative estimate of drug-likeness (QED) is 0.336. The zero-order valence-electron chi connectivity index (χ0n) is 19.8. The number of alkyl halides is 9. The summed E-state index contributed by atoms with van der Waals surface area (Å²) < 4.78 is 103. The molecule has 0 heterocycles. The van der Waals surface area contributed by atoms with E-state index in [-0.39, 0.29) is 40.9 Å². The molecule has 1 aliphatic carbocycles. The van der Waals surface area contributed by atoms with Gasteiger partial charge in [0, 0.05) is 40.9 Å². The van der Waals surface area contributed by atoms with Gasteiger partial charge in [-0.05, 0) is 37.1 Å². The number of hydrogen-bond donors (Lipinski definition) is 2. The van der Waals surface area contributed by atoms with E-state index in [0.29, 0.717) is 0 Å². The van der Waals surface area contributed by atoms with Crippen LogP contribution >= 0.6 is 0 Å². The van der Waals surface area contributed by atoms with Gasteiger partial charge in [0.05, 0.1) is 12.1 Å². The first-order valence-electron chi connectivity index (χ1n) is 11.0. The number of nitrogens with zero attached hydrogens (tertiary/aromatic N) is 2. The van der Waals surface area contributed by atoms with Crippen molar-refractivity contribution in [2.45, 2.75) is 61.9 Å². The molecule has 0 amide bonds. The number of halogens is 9. The fraction of sp³-hybridized carbons (Fsp3) is 0.417. The van der Waals surface area contributed by atoms with E-state index in [4.69, 9.17) is 0 Å². The first-order valence-corrected chi connectivity index (χ1v) is 11.0. The average Bonchev–Trinajstić information content (AvgIpc) is 2.81. The van der Waals surface area contributed by atoms with Crippen LogP contribution in [0.25, 0.3) is 0 Å². The Bertz CT molecular complexity index is 1020. The normalized spacial score (nSPS) is 18.9. The van der Waals surface area contributed by atoms with Crippen molar-refractivity contribution in [2.24, 2.45) is 9.98 Å². The molecular formula is C24H22CrF9N2O3-. The summed E-state index contributed by atoms with van der Waals surface area (Å²) in [5.74, 6) is 0.484. The van der Waals surface area contributed by atoms with Crippen LogP contribution in [0.3, 0.4) is 0 Å². The van der Waals surface area contributed by atoms with Gasteiger partial charge in [-0.3, -0.25) is 9.98 Å². The summed E-state index contributed by atoms with van der Waals surface area (Å²) in [5.41, 5.74) is -5.62. The van der Waals surface area contributed by atoms with Crippen molar-refractivity contribution in [3.05, 3.63) is 59.7 Å². The van der Waals surface area contributed by atoms with Gasteiger partial charge < -0.3 is 15.3 Å². The molecule has 1 aliphatic rings. The summed E-state index contributed by atoms with van der Waals surface area (Å²) in [6, 6.07) is 14.6. The number of para-hydroxylation sites is 2. The molecule has 0 bridgehead atoms. The molecule has 3 rings (SSSR count). The van der Waals surface area contributed by atoms with Crippen LogP contribution in [0.2, 0.25) is 0 Å². The standard InChI is InChI=1S/C20H22N2O2.C4F9O.Cr/c23-19-11-5-1-7-15(19)13-21-17-9-3-4-10-18(17)22-14-16-8-2-6-12-20(16)24;5-1(2(6,7)8,3(9,10)11)4(12,13)14;/h1-2,5-8,11-14,17-18,23-24H,3-4,9-10H2;;/q;-1;. The molecule has 1 fully saturated rings. The van der Waals surface area contributed by atoms with E-state index >= 15 is 0 Å². The Kier molecular flexibility index (Phi) is 11.9. The summed E-state index contributed by atoms with van der Waals surface area (Å²) in [5, 5.41) is 29.0. The molecule has 5 nitrogen and oxygen atoms in total. The molecule has 2 atom stereocenters. The molecule has 15 heteroatoms. The van der Waals surface area contributed by atoms with E-state index in [2.05, 4.69) is 9.98 Å². The van der Waals surface area contributed by atoms with Crippen molar-refractivity contribution >= 4 is 12.4 Å². The molecular weight excluding hydrogens is 587 g/mol. The SMILES string of the molecule is Oc1ccccc1C=NC1CCCCC1N=Cc1ccccc1O.[Cr].[O-]C(F)(F)C(F)(C(F)(F)F)C(F)(F)F. The van der Waals surface area contributed by atoms with Crippen molar-refractivity contribution in [3.63, 3.8) is 0 Å². The summed E-state index contributed by atoms with van der Waals surface area (Å²) in [6.45, 7) is 0. The van der Waals surface area contributed by atoms with Crippen LogP contribution in [0.4, 0.5) is 39.5 Å². The van der Waals surface area contributed by atoms with Crippen LogP contribution in [0, 0.1) is 0 Å². The van der Waals surface area contributed by atoms with Gasteiger partial charge in [-0.1, -0.05) is 37.1 Å². The zero-order valence-corrected chi connectivity index (χ0v) is 21.0. The number of hydrogen-bond acceptors (Lipinski definition) is 5. The predicted molar refractivity (Wildman–Crippen MR) is 118 cm³/mol. The van der Waals surface area contributed by atoms with Gasteiger partial charge in [0.15, 0.2) is 0 Å². The van der Waals surface area contributed by atoms with E-state index < -0.39 is 24.1 Å². The third kappa shape index (κ3) is 8.61. The van der Waals surface area contributed by atoms with Crippen molar-refractivity contribution in [1.82, 2.24) is 0 Å². The zero-order chi connectivity index (χ0) is 28.8. The van der Waals surface area contributed by atoms with E-state index in [1.165, 1.54) is 0 Å². The van der Waals surface area contributed by atoms with Crippen molar-refractivity contribution in [2.75, 3.05) is 0 Å². The van der Waals surface area contributed by atoms with E-state index in [1.54, 1.807) is 36.7 Å². The largest absolute Gasteiger partial charge is 0.795 e. The predicted octanol–water partition coefficient (Wildman–Crippen LogP) is 5.72. The molecule has 39 heavy (non-hydrogen) atoms. The number of rotatable bonds is 5. The molecule has 1 saturated carbocycles. The Morgan fingerprint density at radius 3 is 1.26 bits per heavy atom. The van der Waals surface area contributed by atoms with Crippen LogP contribution < -0.4 is 5.11 Å². The summed E-state index contributed by atoms with van der Waals surface area (Å²) in [4.78, 5) is 9.34. The Balaban J connectivity index is 0.000000439. The van der Waals surface area contributed by atoms with Gasteiger partial charge in [0.1, 0.15) is 11.5 Å². The molecule has 0 aromatic heterocycles. The molecule has 2 N–H and O–H groups in total. The molecule has 216 valence electrons. The number of phenolic OH excluding ortho intramolecular Hbond substituents is 2. The minimum Gasteiger partial charge on any atom is -0.795 e. The van der Waals surface area contributed by atoms with Gasteiger partial charge in [-0.2, -0.15) is 26.3 Å². The summed E-state index contributed by atoms with van der Waals surface area (Å²) in [7, 11) is 0. The van der Waals surface area contributed by atoms with E-state index in [9.17, 15) is 54.8 Å². The van der Waals surface area contributed by atoms with Crippen LogP contribution in [0.5, 0.6) is 11.5 Å². The number of phenols is 2. The molecule has 2 aromatic rings. The molecule has 0 radical (unpaired) electrons. The molecule has 0 aliphatic heterocycles. The molecule has 0 saturated heterocycles. The first kappa shape index (κ1) is 34.3.